The summed E-state index contributed by atoms with van der Waals surface area (Å²) < 4.78 is 0. The molecule has 1 aliphatic carbocycles. The highest BCUT2D eigenvalue weighted by Gasteiger charge is 2.16. The summed E-state index contributed by atoms with van der Waals surface area (Å²) in [5, 5.41) is 17.7. The zero-order chi connectivity index (χ0) is 20.5. The first-order valence-electron chi connectivity index (χ1n) is 9.43. The number of hydrazone groups is 1. The SMILES string of the molecule is CC(CC(=O)NC1CCCCCCC1)=NNC(=O)c1ccc([N+](=O)[O-])cc1Cl. The van der Waals surface area contributed by atoms with Crippen LogP contribution in [-0.2, 0) is 4.79 Å². The standard InChI is InChI=1S/C19H25ClN4O4/c1-13(11-18(25)21-14-7-5-3-2-4-6-8-14)22-23-19(26)16-10-9-15(24(27)28)12-17(16)20/h9-10,12,14H,2-8,11H2,1H3,(H,21,25)(H,23,26). The third-order valence-corrected chi connectivity index (χ3v) is 4.96. The summed E-state index contributed by atoms with van der Waals surface area (Å²) >= 11 is 5.92. The Balaban J connectivity index is 1.86. The lowest BCUT2D eigenvalue weighted by Gasteiger charge is -2.21. The fourth-order valence-electron chi connectivity index (χ4n) is 3.16. The molecule has 152 valence electrons. The fraction of sp³-hybridized carbons (Fsp3) is 0.526. The monoisotopic (exact) mass is 408 g/mol. The van der Waals surface area contributed by atoms with Crippen LogP contribution in [0.3, 0.4) is 0 Å². The molecule has 1 aromatic rings. The van der Waals surface area contributed by atoms with Crippen LogP contribution in [0.15, 0.2) is 23.3 Å². The topological polar surface area (TPSA) is 114 Å². The van der Waals surface area contributed by atoms with E-state index in [0.717, 1.165) is 31.7 Å². The highest BCUT2D eigenvalue weighted by atomic mass is 35.5. The molecular weight excluding hydrogens is 384 g/mol. The number of carbonyl (C=O) groups excluding carboxylic acids is 2. The summed E-state index contributed by atoms with van der Waals surface area (Å²) in [5.74, 6) is -0.714. The van der Waals surface area contributed by atoms with Gasteiger partial charge in [-0.3, -0.25) is 19.7 Å². The van der Waals surface area contributed by atoms with E-state index < -0.39 is 10.8 Å². The van der Waals surface area contributed by atoms with E-state index in [0.29, 0.717) is 5.71 Å². The number of non-ortho nitro benzene ring substituents is 1. The van der Waals surface area contributed by atoms with Gasteiger partial charge < -0.3 is 5.32 Å². The second-order valence-electron chi connectivity index (χ2n) is 7.00. The Hall–Kier alpha value is -2.48. The van der Waals surface area contributed by atoms with E-state index in [-0.39, 0.29) is 34.6 Å². The molecule has 1 fully saturated rings. The molecule has 2 rings (SSSR count). The number of rotatable bonds is 6. The Morgan fingerprint density at radius 2 is 1.86 bits per heavy atom. The average molecular weight is 409 g/mol. The highest BCUT2D eigenvalue weighted by Crippen LogP contribution is 2.22. The number of carbonyl (C=O) groups is 2. The largest absolute Gasteiger partial charge is 0.353 e. The van der Waals surface area contributed by atoms with Gasteiger partial charge in [-0.25, -0.2) is 5.43 Å². The molecule has 0 atom stereocenters. The Kier molecular flexibility index (Phi) is 8.38. The summed E-state index contributed by atoms with van der Waals surface area (Å²) in [4.78, 5) is 34.5. The van der Waals surface area contributed by atoms with E-state index in [4.69, 9.17) is 11.6 Å². The van der Waals surface area contributed by atoms with Crippen LogP contribution in [0.4, 0.5) is 5.69 Å². The van der Waals surface area contributed by atoms with Crippen molar-refractivity contribution in [1.82, 2.24) is 10.7 Å². The van der Waals surface area contributed by atoms with Crippen LogP contribution in [0, 0.1) is 10.1 Å². The third kappa shape index (κ3) is 6.92. The summed E-state index contributed by atoms with van der Waals surface area (Å²) in [6, 6.07) is 3.77. The normalized spacial score (nSPS) is 16.0. The van der Waals surface area contributed by atoms with Crippen LogP contribution in [0.25, 0.3) is 0 Å². The van der Waals surface area contributed by atoms with Gasteiger partial charge in [-0.15, -0.1) is 0 Å². The summed E-state index contributed by atoms with van der Waals surface area (Å²) in [6.07, 6.45) is 8.03. The van der Waals surface area contributed by atoms with Crippen molar-refractivity contribution >= 4 is 34.8 Å². The first-order chi connectivity index (χ1) is 13.4. The molecule has 9 heteroatoms. The molecule has 0 radical (unpaired) electrons. The van der Waals surface area contributed by atoms with Gasteiger partial charge in [0.15, 0.2) is 0 Å². The highest BCUT2D eigenvalue weighted by molar-refractivity contribution is 6.34. The maximum atomic E-state index is 12.2. The predicted octanol–water partition coefficient (Wildman–Crippen LogP) is 3.97. The number of halogens is 1. The maximum absolute atomic E-state index is 12.2. The molecule has 1 saturated carbocycles. The molecule has 0 bridgehead atoms. The van der Waals surface area contributed by atoms with Gasteiger partial charge in [0.1, 0.15) is 0 Å². The minimum absolute atomic E-state index is 0.0402. The van der Waals surface area contributed by atoms with Crippen molar-refractivity contribution in [1.29, 1.82) is 0 Å². The van der Waals surface area contributed by atoms with Gasteiger partial charge in [-0.1, -0.05) is 43.7 Å². The lowest BCUT2D eigenvalue weighted by atomic mass is 9.96. The number of nitro benzene ring substituents is 1. The second-order valence-corrected chi connectivity index (χ2v) is 7.40. The van der Waals surface area contributed by atoms with E-state index in [1.165, 1.54) is 31.4 Å². The summed E-state index contributed by atoms with van der Waals surface area (Å²) in [7, 11) is 0. The third-order valence-electron chi connectivity index (χ3n) is 4.64. The molecule has 1 aromatic carbocycles. The van der Waals surface area contributed by atoms with E-state index in [1.807, 2.05) is 0 Å². The van der Waals surface area contributed by atoms with Crippen molar-refractivity contribution < 1.29 is 14.5 Å². The first kappa shape index (κ1) is 21.8. The van der Waals surface area contributed by atoms with Crippen molar-refractivity contribution in [3.63, 3.8) is 0 Å². The van der Waals surface area contributed by atoms with Crippen molar-refractivity contribution in [2.45, 2.75) is 64.3 Å². The molecule has 2 amide bonds. The average Bonchev–Trinajstić information content (AvgIpc) is 2.61. The number of hydrogen-bond donors (Lipinski definition) is 2. The van der Waals surface area contributed by atoms with E-state index in [1.54, 1.807) is 6.92 Å². The lowest BCUT2D eigenvalue weighted by molar-refractivity contribution is -0.384. The van der Waals surface area contributed by atoms with Gasteiger partial charge >= 0.3 is 0 Å². The van der Waals surface area contributed by atoms with Crippen LogP contribution in [0.2, 0.25) is 5.02 Å². The van der Waals surface area contributed by atoms with Crippen molar-refractivity contribution in [2.75, 3.05) is 0 Å². The Morgan fingerprint density at radius 3 is 2.46 bits per heavy atom. The van der Waals surface area contributed by atoms with Gasteiger partial charge in [0.05, 0.1) is 21.9 Å². The minimum Gasteiger partial charge on any atom is -0.353 e. The van der Waals surface area contributed by atoms with Crippen LogP contribution < -0.4 is 10.7 Å². The molecule has 0 saturated heterocycles. The molecule has 0 spiro atoms. The molecular formula is C19H25ClN4O4. The Bertz CT molecular complexity index is 758. The van der Waals surface area contributed by atoms with Crippen molar-refractivity contribution in [3.05, 3.63) is 38.9 Å². The quantitative estimate of drug-likeness (QED) is 0.421. The smallest absolute Gasteiger partial charge is 0.272 e. The zero-order valence-corrected chi connectivity index (χ0v) is 16.6. The molecule has 0 heterocycles. The fourth-order valence-corrected chi connectivity index (χ4v) is 3.42. The molecule has 2 N–H and O–H groups in total. The lowest BCUT2D eigenvalue weighted by Crippen LogP contribution is -2.36. The summed E-state index contributed by atoms with van der Waals surface area (Å²) in [5.41, 5.74) is 2.65. The number of nitro groups is 1. The Labute approximate surface area is 168 Å². The van der Waals surface area contributed by atoms with Crippen LogP contribution >= 0.6 is 11.6 Å². The maximum Gasteiger partial charge on any atom is 0.272 e. The van der Waals surface area contributed by atoms with Gasteiger partial charge in [0.25, 0.3) is 11.6 Å². The number of amides is 2. The second kappa shape index (κ2) is 10.8. The number of nitrogens with one attached hydrogen (secondary N) is 2. The van der Waals surface area contributed by atoms with Gasteiger partial charge in [0, 0.05) is 23.9 Å². The van der Waals surface area contributed by atoms with E-state index >= 15 is 0 Å². The Morgan fingerprint density at radius 1 is 1.21 bits per heavy atom. The molecule has 0 unspecified atom stereocenters. The minimum atomic E-state index is -0.598. The van der Waals surface area contributed by atoms with Crippen LogP contribution in [-0.4, -0.2) is 28.5 Å². The van der Waals surface area contributed by atoms with Crippen molar-refractivity contribution in [3.8, 4) is 0 Å². The molecule has 8 nitrogen and oxygen atoms in total. The number of hydrogen-bond acceptors (Lipinski definition) is 5. The number of nitrogens with zero attached hydrogens (tertiary/aromatic N) is 2. The molecule has 0 aliphatic heterocycles. The number of benzene rings is 1. The summed E-state index contributed by atoms with van der Waals surface area (Å²) in [6.45, 7) is 1.65. The van der Waals surface area contributed by atoms with Crippen LogP contribution in [0.1, 0.15) is 68.6 Å². The van der Waals surface area contributed by atoms with E-state index in [2.05, 4.69) is 15.8 Å². The molecule has 1 aliphatic rings. The van der Waals surface area contributed by atoms with Gasteiger partial charge in [-0.2, -0.15) is 5.10 Å². The zero-order valence-electron chi connectivity index (χ0n) is 15.9. The van der Waals surface area contributed by atoms with Crippen LogP contribution in [0.5, 0.6) is 0 Å². The predicted molar refractivity (Wildman–Crippen MR) is 108 cm³/mol. The van der Waals surface area contributed by atoms with Gasteiger partial charge in [-0.05, 0) is 25.8 Å². The van der Waals surface area contributed by atoms with Gasteiger partial charge in [0.2, 0.25) is 5.91 Å². The molecule has 28 heavy (non-hydrogen) atoms. The molecule has 0 aromatic heterocycles. The van der Waals surface area contributed by atoms with Crippen molar-refractivity contribution in [2.24, 2.45) is 5.10 Å². The van der Waals surface area contributed by atoms with E-state index in [9.17, 15) is 19.7 Å². The first-order valence-corrected chi connectivity index (χ1v) is 9.81.